The van der Waals surface area contributed by atoms with Crippen LogP contribution in [0.4, 0.5) is 5.82 Å². The van der Waals surface area contributed by atoms with Gasteiger partial charge in [-0.25, -0.2) is 4.68 Å². The Morgan fingerprint density at radius 2 is 2.21 bits per heavy atom. The lowest BCUT2D eigenvalue weighted by atomic mass is 10.1. The fourth-order valence-corrected chi connectivity index (χ4v) is 1.67. The van der Waals surface area contributed by atoms with E-state index in [4.69, 9.17) is 5.73 Å². The molecule has 3 N–H and O–H groups in total. The van der Waals surface area contributed by atoms with Crippen molar-refractivity contribution in [1.29, 1.82) is 0 Å². The fraction of sp³-hybridized carbons (Fsp3) is 0.556. The van der Waals surface area contributed by atoms with Crippen LogP contribution in [0.3, 0.4) is 0 Å². The summed E-state index contributed by atoms with van der Waals surface area (Å²) in [6.45, 7) is 4.33. The number of nitrogens with two attached hydrogens (primary N) is 1. The molecule has 0 atom stereocenters. The molecule has 0 aliphatic rings. The van der Waals surface area contributed by atoms with Crippen molar-refractivity contribution in [3.63, 3.8) is 0 Å². The number of aromatic amines is 1. The third-order valence-electron chi connectivity index (χ3n) is 2.24. The van der Waals surface area contributed by atoms with E-state index in [-0.39, 0.29) is 0 Å². The van der Waals surface area contributed by atoms with Crippen LogP contribution in [0.1, 0.15) is 19.5 Å². The maximum Gasteiger partial charge on any atom is 0.181 e. The van der Waals surface area contributed by atoms with Gasteiger partial charge in [-0.2, -0.15) is 10.2 Å². The highest BCUT2D eigenvalue weighted by Gasteiger charge is 2.15. The van der Waals surface area contributed by atoms with E-state index in [1.807, 2.05) is 7.05 Å². The first-order valence-electron chi connectivity index (χ1n) is 4.75. The molecule has 76 valence electrons. The lowest BCUT2D eigenvalue weighted by molar-refractivity contribution is 0.623. The zero-order valence-electron chi connectivity index (χ0n) is 8.70. The lowest BCUT2D eigenvalue weighted by Gasteiger charge is -2.00. The summed E-state index contributed by atoms with van der Waals surface area (Å²) >= 11 is 0. The molecule has 0 radical (unpaired) electrons. The van der Waals surface area contributed by atoms with Crippen LogP contribution in [-0.2, 0) is 13.5 Å². The summed E-state index contributed by atoms with van der Waals surface area (Å²) in [4.78, 5) is 0. The van der Waals surface area contributed by atoms with E-state index >= 15 is 0 Å². The molecule has 0 unspecified atom stereocenters. The molecule has 2 aromatic rings. The number of nitrogens with one attached hydrogen (secondary N) is 1. The molecule has 0 fully saturated rings. The molecule has 0 saturated heterocycles. The van der Waals surface area contributed by atoms with Crippen molar-refractivity contribution in [2.24, 2.45) is 13.0 Å². The van der Waals surface area contributed by atoms with Crippen molar-refractivity contribution < 1.29 is 0 Å². The lowest BCUT2D eigenvalue weighted by Crippen LogP contribution is -1.99. The molecule has 2 aromatic heterocycles. The Morgan fingerprint density at radius 3 is 2.86 bits per heavy atom. The van der Waals surface area contributed by atoms with Gasteiger partial charge in [0.2, 0.25) is 0 Å². The Balaban J connectivity index is 2.58. The molecule has 0 bridgehead atoms. The fourth-order valence-electron chi connectivity index (χ4n) is 1.67. The Bertz CT molecular complexity index is 451. The number of aromatic nitrogens is 4. The molecule has 0 amide bonds. The topological polar surface area (TPSA) is 72.5 Å². The van der Waals surface area contributed by atoms with Gasteiger partial charge in [0.1, 0.15) is 5.82 Å². The monoisotopic (exact) mass is 193 g/mol. The molecular formula is C9H15N5. The third kappa shape index (κ3) is 1.25. The molecule has 14 heavy (non-hydrogen) atoms. The number of hydrogen-bond acceptors (Lipinski definition) is 3. The van der Waals surface area contributed by atoms with Gasteiger partial charge >= 0.3 is 0 Å². The quantitative estimate of drug-likeness (QED) is 0.749. The zero-order valence-corrected chi connectivity index (χ0v) is 8.70. The van der Waals surface area contributed by atoms with Crippen LogP contribution in [0.5, 0.6) is 0 Å². The number of rotatable bonds is 2. The van der Waals surface area contributed by atoms with Crippen LogP contribution in [0, 0.1) is 5.92 Å². The van der Waals surface area contributed by atoms with Gasteiger partial charge in [-0.3, -0.25) is 5.10 Å². The molecule has 0 aromatic carbocycles. The highest BCUT2D eigenvalue weighted by Crippen LogP contribution is 2.23. The van der Waals surface area contributed by atoms with Gasteiger partial charge in [-0.1, -0.05) is 13.8 Å². The highest BCUT2D eigenvalue weighted by atomic mass is 15.3. The van der Waals surface area contributed by atoms with E-state index in [0.29, 0.717) is 11.7 Å². The van der Waals surface area contributed by atoms with E-state index < -0.39 is 0 Å². The predicted octanol–water partition coefficient (Wildman–Crippen LogP) is 1.08. The maximum absolute atomic E-state index is 5.79. The first-order chi connectivity index (χ1) is 6.59. The Hall–Kier alpha value is -1.52. The second-order valence-corrected chi connectivity index (χ2v) is 4.00. The number of nitrogen functional groups attached to an aromatic ring is 1. The summed E-state index contributed by atoms with van der Waals surface area (Å²) in [5.41, 5.74) is 7.66. The van der Waals surface area contributed by atoms with E-state index in [0.717, 1.165) is 23.1 Å². The van der Waals surface area contributed by atoms with Crippen LogP contribution in [0.15, 0.2) is 0 Å². The SMILES string of the molecule is CC(C)Cc1nn(C)c2n[nH]c(N)c12. The van der Waals surface area contributed by atoms with Gasteiger partial charge in [0, 0.05) is 7.05 Å². The average Bonchev–Trinajstić information content (AvgIpc) is 2.56. The standard InChI is InChI=1S/C9H15N5/c1-5(2)4-6-7-8(10)11-12-9(7)14(3)13-6/h5H,4H2,1-3H3,(H3,10,11,12). The minimum atomic E-state index is 0.572. The first kappa shape index (κ1) is 9.05. The van der Waals surface area contributed by atoms with E-state index in [1.54, 1.807) is 4.68 Å². The van der Waals surface area contributed by atoms with Gasteiger partial charge in [0.25, 0.3) is 0 Å². The Morgan fingerprint density at radius 1 is 1.50 bits per heavy atom. The Kier molecular flexibility index (Phi) is 1.94. The second-order valence-electron chi connectivity index (χ2n) is 4.00. The molecule has 5 nitrogen and oxygen atoms in total. The number of fused-ring (bicyclic) bond motifs is 1. The summed E-state index contributed by atoms with van der Waals surface area (Å²) < 4.78 is 1.76. The van der Waals surface area contributed by atoms with E-state index in [2.05, 4.69) is 29.1 Å². The smallest absolute Gasteiger partial charge is 0.181 e. The predicted molar refractivity (Wildman–Crippen MR) is 55.8 cm³/mol. The van der Waals surface area contributed by atoms with E-state index in [1.165, 1.54) is 0 Å². The van der Waals surface area contributed by atoms with Crippen LogP contribution in [0.25, 0.3) is 11.0 Å². The minimum absolute atomic E-state index is 0.572. The van der Waals surface area contributed by atoms with Crippen LogP contribution in [0.2, 0.25) is 0 Å². The van der Waals surface area contributed by atoms with Crippen molar-refractivity contribution in [1.82, 2.24) is 20.0 Å². The van der Waals surface area contributed by atoms with Crippen LogP contribution >= 0.6 is 0 Å². The summed E-state index contributed by atoms with van der Waals surface area (Å²) in [6.07, 6.45) is 0.932. The van der Waals surface area contributed by atoms with Crippen molar-refractivity contribution in [2.75, 3.05) is 5.73 Å². The van der Waals surface area contributed by atoms with Gasteiger partial charge in [0.15, 0.2) is 5.65 Å². The number of H-pyrrole nitrogens is 1. The number of anilines is 1. The molecule has 0 spiro atoms. The van der Waals surface area contributed by atoms with Crippen LogP contribution in [-0.4, -0.2) is 20.0 Å². The van der Waals surface area contributed by atoms with Gasteiger partial charge in [0.05, 0.1) is 11.1 Å². The van der Waals surface area contributed by atoms with Crippen molar-refractivity contribution in [3.8, 4) is 0 Å². The van der Waals surface area contributed by atoms with Crippen molar-refractivity contribution in [3.05, 3.63) is 5.69 Å². The molecule has 2 rings (SSSR count). The summed E-state index contributed by atoms with van der Waals surface area (Å²) in [5.74, 6) is 1.19. The number of nitrogens with zero attached hydrogens (tertiary/aromatic N) is 3. The molecule has 0 aliphatic carbocycles. The molecule has 0 aliphatic heterocycles. The van der Waals surface area contributed by atoms with Gasteiger partial charge in [-0.05, 0) is 12.3 Å². The summed E-state index contributed by atoms with van der Waals surface area (Å²) in [5, 5.41) is 12.3. The maximum atomic E-state index is 5.79. The van der Waals surface area contributed by atoms with Crippen molar-refractivity contribution >= 4 is 16.9 Å². The van der Waals surface area contributed by atoms with Crippen molar-refractivity contribution in [2.45, 2.75) is 20.3 Å². The zero-order chi connectivity index (χ0) is 10.3. The van der Waals surface area contributed by atoms with Crippen LogP contribution < -0.4 is 5.73 Å². The second kappa shape index (κ2) is 3.01. The number of aryl methyl sites for hydroxylation is 1. The largest absolute Gasteiger partial charge is 0.383 e. The minimum Gasteiger partial charge on any atom is -0.383 e. The normalized spacial score (nSPS) is 11.7. The Labute approximate surface area is 82.3 Å². The summed E-state index contributed by atoms with van der Waals surface area (Å²) in [6, 6.07) is 0. The molecule has 0 saturated carbocycles. The molecule has 2 heterocycles. The van der Waals surface area contributed by atoms with E-state index in [9.17, 15) is 0 Å². The average molecular weight is 193 g/mol. The van der Waals surface area contributed by atoms with Gasteiger partial charge in [-0.15, -0.1) is 0 Å². The summed E-state index contributed by atoms with van der Waals surface area (Å²) in [7, 11) is 1.88. The number of hydrogen-bond donors (Lipinski definition) is 2. The first-order valence-corrected chi connectivity index (χ1v) is 4.75. The molecular weight excluding hydrogens is 178 g/mol. The van der Waals surface area contributed by atoms with Gasteiger partial charge < -0.3 is 5.73 Å². The molecule has 5 heteroatoms. The third-order valence-corrected chi connectivity index (χ3v) is 2.24. The highest BCUT2D eigenvalue weighted by molar-refractivity contribution is 5.88.